The fourth-order valence-electron chi connectivity index (χ4n) is 1.88. The molecule has 1 N–H and O–H groups in total. The van der Waals surface area contributed by atoms with Crippen LogP contribution in [0.1, 0.15) is 10.6 Å². The quantitative estimate of drug-likeness (QED) is 0.624. The number of pyridine rings is 1. The molecule has 0 aliphatic rings. The van der Waals surface area contributed by atoms with Crippen LogP contribution in [0.5, 0.6) is 0 Å². The van der Waals surface area contributed by atoms with Crippen molar-refractivity contribution in [2.75, 3.05) is 17.6 Å². The second-order valence-electron chi connectivity index (χ2n) is 4.55. The third kappa shape index (κ3) is 4.79. The largest absolute Gasteiger partial charge is 0.360 e. The fourth-order valence-corrected chi connectivity index (χ4v) is 4.39. The Morgan fingerprint density at radius 3 is 2.91 bits per heavy atom. The van der Waals surface area contributed by atoms with E-state index in [1.54, 1.807) is 34.4 Å². The minimum atomic E-state index is 0.897. The normalized spacial score (nSPS) is 10.7. The predicted molar refractivity (Wildman–Crippen MR) is 95.1 cm³/mol. The van der Waals surface area contributed by atoms with Gasteiger partial charge in [0.15, 0.2) is 4.34 Å². The van der Waals surface area contributed by atoms with Gasteiger partial charge in [0.25, 0.3) is 0 Å². The summed E-state index contributed by atoms with van der Waals surface area (Å²) in [5.41, 5.74) is 1.12. The van der Waals surface area contributed by atoms with Crippen LogP contribution in [0.15, 0.2) is 46.2 Å². The summed E-state index contributed by atoms with van der Waals surface area (Å²) in [5, 5.41) is 14.7. The number of nitrogens with zero attached hydrogens (tertiary/aromatic N) is 3. The molecule has 22 heavy (non-hydrogen) atoms. The van der Waals surface area contributed by atoms with Gasteiger partial charge in [-0.2, -0.15) is 0 Å². The van der Waals surface area contributed by atoms with E-state index in [4.69, 9.17) is 0 Å². The van der Waals surface area contributed by atoms with E-state index in [1.165, 1.54) is 4.88 Å². The first kappa shape index (κ1) is 15.5. The Labute approximate surface area is 142 Å². The highest BCUT2D eigenvalue weighted by molar-refractivity contribution is 8.01. The minimum absolute atomic E-state index is 0.897. The Morgan fingerprint density at radius 1 is 1.09 bits per heavy atom. The molecule has 114 valence electrons. The first-order valence-corrected chi connectivity index (χ1v) is 9.71. The van der Waals surface area contributed by atoms with Crippen molar-refractivity contribution in [3.05, 3.63) is 52.5 Å². The molecule has 0 aromatic carbocycles. The van der Waals surface area contributed by atoms with E-state index in [1.807, 2.05) is 18.3 Å². The molecule has 0 spiro atoms. The first-order valence-electron chi connectivity index (χ1n) is 7.02. The molecule has 0 amide bonds. The number of aromatic nitrogens is 3. The lowest BCUT2D eigenvalue weighted by Gasteiger charge is -1.99. The molecule has 0 aliphatic carbocycles. The maximum absolute atomic E-state index is 4.32. The zero-order chi connectivity index (χ0) is 15.0. The monoisotopic (exact) mass is 348 g/mol. The number of hydrogen-bond donors (Lipinski definition) is 1. The SMILES string of the molecule is c1ccc(CCSc2nnc(NCCc3cccs3)s2)nc1. The standard InChI is InChI=1S/C15H16N4S3/c1-2-8-16-12(4-1)7-11-21-15-19-18-14(22-15)17-9-6-13-5-3-10-20-13/h1-5,8,10H,6-7,9,11H2,(H,17,18). The molecule has 3 aromatic heterocycles. The lowest BCUT2D eigenvalue weighted by molar-refractivity contribution is 0.977. The van der Waals surface area contributed by atoms with Crippen LogP contribution in [-0.2, 0) is 12.8 Å². The number of anilines is 1. The van der Waals surface area contributed by atoms with E-state index in [0.717, 1.165) is 40.3 Å². The summed E-state index contributed by atoms with van der Waals surface area (Å²) in [6, 6.07) is 10.3. The van der Waals surface area contributed by atoms with Crippen LogP contribution in [0.4, 0.5) is 5.13 Å². The van der Waals surface area contributed by atoms with Gasteiger partial charge < -0.3 is 5.32 Å². The maximum atomic E-state index is 4.32. The summed E-state index contributed by atoms with van der Waals surface area (Å²) in [5.74, 6) is 0.973. The fraction of sp³-hybridized carbons (Fsp3) is 0.267. The molecule has 3 heterocycles. The van der Waals surface area contributed by atoms with Crippen LogP contribution < -0.4 is 5.32 Å². The number of rotatable bonds is 8. The van der Waals surface area contributed by atoms with Gasteiger partial charge >= 0.3 is 0 Å². The maximum Gasteiger partial charge on any atom is 0.206 e. The van der Waals surface area contributed by atoms with Gasteiger partial charge in [0.1, 0.15) is 0 Å². The van der Waals surface area contributed by atoms with Crippen molar-refractivity contribution in [2.45, 2.75) is 17.2 Å². The topological polar surface area (TPSA) is 50.7 Å². The Bertz CT molecular complexity index is 667. The number of aryl methyl sites for hydroxylation is 1. The average molecular weight is 349 g/mol. The molecular weight excluding hydrogens is 332 g/mol. The first-order chi connectivity index (χ1) is 10.9. The average Bonchev–Trinajstić information content (AvgIpc) is 3.21. The molecule has 3 aromatic rings. The predicted octanol–water partition coefficient (Wildman–Crippen LogP) is 3.98. The van der Waals surface area contributed by atoms with Crippen molar-refractivity contribution in [3.8, 4) is 0 Å². The summed E-state index contributed by atoms with van der Waals surface area (Å²) >= 11 is 5.14. The Hall–Kier alpha value is -1.44. The minimum Gasteiger partial charge on any atom is -0.360 e. The molecule has 7 heteroatoms. The molecule has 0 unspecified atom stereocenters. The molecule has 0 aliphatic heterocycles. The number of hydrogen-bond acceptors (Lipinski definition) is 7. The zero-order valence-corrected chi connectivity index (χ0v) is 14.4. The van der Waals surface area contributed by atoms with Crippen molar-refractivity contribution in [1.29, 1.82) is 0 Å². The Balaban J connectivity index is 1.39. The lowest BCUT2D eigenvalue weighted by Crippen LogP contribution is -2.03. The molecule has 0 bridgehead atoms. The summed E-state index contributed by atoms with van der Waals surface area (Å²) in [6.45, 7) is 0.897. The van der Waals surface area contributed by atoms with Crippen LogP contribution in [0.25, 0.3) is 0 Å². The highest BCUT2D eigenvalue weighted by Crippen LogP contribution is 2.26. The Kier molecular flexibility index (Phi) is 5.80. The van der Waals surface area contributed by atoms with Gasteiger partial charge in [-0.1, -0.05) is 35.2 Å². The summed E-state index contributed by atoms with van der Waals surface area (Å²) in [4.78, 5) is 5.71. The van der Waals surface area contributed by atoms with Gasteiger partial charge in [0.05, 0.1) is 0 Å². The van der Waals surface area contributed by atoms with Crippen LogP contribution >= 0.6 is 34.4 Å². The van der Waals surface area contributed by atoms with Crippen molar-refractivity contribution < 1.29 is 0 Å². The van der Waals surface area contributed by atoms with Crippen molar-refractivity contribution >= 4 is 39.6 Å². The van der Waals surface area contributed by atoms with Gasteiger partial charge in [0, 0.05) is 29.1 Å². The van der Waals surface area contributed by atoms with E-state index in [2.05, 4.69) is 44.1 Å². The second kappa shape index (κ2) is 8.26. The van der Waals surface area contributed by atoms with Gasteiger partial charge in [-0.15, -0.1) is 21.5 Å². The van der Waals surface area contributed by atoms with Gasteiger partial charge in [-0.05, 0) is 36.4 Å². The van der Waals surface area contributed by atoms with Crippen molar-refractivity contribution in [3.63, 3.8) is 0 Å². The second-order valence-corrected chi connectivity index (χ2v) is 7.90. The molecule has 0 radical (unpaired) electrons. The molecule has 3 rings (SSSR count). The molecule has 0 saturated carbocycles. The number of nitrogens with one attached hydrogen (secondary N) is 1. The van der Waals surface area contributed by atoms with Crippen LogP contribution in [0.2, 0.25) is 0 Å². The van der Waals surface area contributed by atoms with Gasteiger partial charge in [-0.25, -0.2) is 0 Å². The van der Waals surface area contributed by atoms with Crippen molar-refractivity contribution in [1.82, 2.24) is 15.2 Å². The van der Waals surface area contributed by atoms with Crippen LogP contribution in [-0.4, -0.2) is 27.5 Å². The molecule has 0 fully saturated rings. The van der Waals surface area contributed by atoms with Gasteiger partial charge in [0.2, 0.25) is 5.13 Å². The number of thioether (sulfide) groups is 1. The smallest absolute Gasteiger partial charge is 0.206 e. The van der Waals surface area contributed by atoms with E-state index in [9.17, 15) is 0 Å². The summed E-state index contributed by atoms with van der Waals surface area (Å²) in [7, 11) is 0. The molecule has 0 atom stereocenters. The third-order valence-corrected chi connectivity index (χ3v) is 5.90. The lowest BCUT2D eigenvalue weighted by atomic mass is 10.3. The molecule has 0 saturated heterocycles. The van der Waals surface area contributed by atoms with E-state index in [0.29, 0.717) is 0 Å². The van der Waals surface area contributed by atoms with E-state index in [-0.39, 0.29) is 0 Å². The highest BCUT2D eigenvalue weighted by atomic mass is 32.2. The number of thiophene rings is 1. The highest BCUT2D eigenvalue weighted by Gasteiger charge is 2.05. The third-order valence-electron chi connectivity index (χ3n) is 2.94. The Morgan fingerprint density at radius 2 is 2.09 bits per heavy atom. The van der Waals surface area contributed by atoms with E-state index >= 15 is 0 Å². The summed E-state index contributed by atoms with van der Waals surface area (Å²) in [6.07, 6.45) is 3.81. The molecule has 4 nitrogen and oxygen atoms in total. The van der Waals surface area contributed by atoms with E-state index < -0.39 is 0 Å². The van der Waals surface area contributed by atoms with Crippen molar-refractivity contribution in [2.24, 2.45) is 0 Å². The van der Waals surface area contributed by atoms with Crippen LogP contribution in [0.3, 0.4) is 0 Å². The molecular formula is C15H16N4S3. The van der Waals surface area contributed by atoms with Crippen LogP contribution in [0, 0.1) is 0 Å². The zero-order valence-electron chi connectivity index (χ0n) is 11.9. The summed E-state index contributed by atoms with van der Waals surface area (Å²) < 4.78 is 1.01. The van der Waals surface area contributed by atoms with Gasteiger partial charge in [-0.3, -0.25) is 4.98 Å².